The van der Waals surface area contributed by atoms with Crippen molar-refractivity contribution in [1.29, 1.82) is 0 Å². The number of urea groups is 1. The molecule has 2 heterocycles. The molecule has 0 spiro atoms. The number of hydrogen-bond donors (Lipinski definition) is 0. The van der Waals surface area contributed by atoms with E-state index in [1.165, 1.54) is 4.31 Å². The molecule has 0 aromatic heterocycles. The molecule has 3 aromatic carbocycles. The van der Waals surface area contributed by atoms with Crippen molar-refractivity contribution in [3.63, 3.8) is 0 Å². The number of piperidine rings is 1. The van der Waals surface area contributed by atoms with Gasteiger partial charge in [-0.25, -0.2) is 4.79 Å². The van der Waals surface area contributed by atoms with Gasteiger partial charge in [0.2, 0.25) is 0 Å². The maximum Gasteiger partial charge on any atom is 0.329 e. The van der Waals surface area contributed by atoms with E-state index in [9.17, 15) is 13.2 Å². The molecule has 2 atom stereocenters. The van der Waals surface area contributed by atoms with Crippen molar-refractivity contribution in [3.05, 3.63) is 96.6 Å². The first kappa shape index (κ1) is 24.5. The normalized spacial score (nSPS) is 20.3. The highest BCUT2D eigenvalue weighted by Crippen LogP contribution is 2.35. The van der Waals surface area contributed by atoms with Gasteiger partial charge in [-0.05, 0) is 42.7 Å². The lowest BCUT2D eigenvalue weighted by molar-refractivity contribution is 0.0657. The van der Waals surface area contributed by atoms with Gasteiger partial charge in [-0.1, -0.05) is 73.2 Å². The number of rotatable bonds is 6. The molecule has 3 aromatic rings. The monoisotopic (exact) mass is 504 g/mol. The summed E-state index contributed by atoms with van der Waals surface area (Å²) in [5.74, 6) is 0. The standard InChI is InChI=1S/C28H32N4O3S/c1-29(20-23-12-5-2-6-13-23)36(34,35)32-26-18-11-19-27(32)22-30(21-26)28(33)31(24-14-7-3-8-15-24)25-16-9-4-10-17-25/h2-10,12-17,26-27H,11,18-22H2,1H3/t26-,27+. The van der Waals surface area contributed by atoms with Crippen molar-refractivity contribution in [2.75, 3.05) is 25.0 Å². The van der Waals surface area contributed by atoms with E-state index < -0.39 is 10.2 Å². The molecule has 0 unspecified atom stereocenters. The molecule has 2 amide bonds. The fourth-order valence-electron chi connectivity index (χ4n) is 5.35. The molecule has 7 nitrogen and oxygen atoms in total. The number of piperazine rings is 1. The number of likely N-dealkylation sites (tertiary alicyclic amines) is 1. The Balaban J connectivity index is 1.39. The summed E-state index contributed by atoms with van der Waals surface area (Å²) >= 11 is 0. The molecule has 8 heteroatoms. The van der Waals surface area contributed by atoms with E-state index in [4.69, 9.17) is 0 Å². The first-order valence-electron chi connectivity index (χ1n) is 12.4. The highest BCUT2D eigenvalue weighted by molar-refractivity contribution is 7.86. The van der Waals surface area contributed by atoms with Crippen LogP contribution in [0.4, 0.5) is 16.2 Å². The van der Waals surface area contributed by atoms with Crippen molar-refractivity contribution in [3.8, 4) is 0 Å². The summed E-state index contributed by atoms with van der Waals surface area (Å²) in [5, 5.41) is 0. The van der Waals surface area contributed by atoms with Crippen LogP contribution in [-0.2, 0) is 16.8 Å². The molecule has 0 radical (unpaired) electrons. The molecule has 2 aliphatic heterocycles. The van der Waals surface area contributed by atoms with Gasteiger partial charge in [0.1, 0.15) is 0 Å². The van der Waals surface area contributed by atoms with Gasteiger partial charge < -0.3 is 4.90 Å². The third-order valence-electron chi connectivity index (χ3n) is 7.06. The zero-order chi connectivity index (χ0) is 25.1. The lowest BCUT2D eigenvalue weighted by Gasteiger charge is -2.50. The van der Waals surface area contributed by atoms with Crippen molar-refractivity contribution in [2.24, 2.45) is 0 Å². The lowest BCUT2D eigenvalue weighted by atomic mass is 9.94. The van der Waals surface area contributed by atoms with Gasteiger partial charge in [0.25, 0.3) is 10.2 Å². The van der Waals surface area contributed by atoms with Crippen LogP contribution < -0.4 is 4.90 Å². The molecule has 5 rings (SSSR count). The Bertz CT molecular complexity index is 1220. The van der Waals surface area contributed by atoms with Crippen molar-refractivity contribution in [2.45, 2.75) is 37.9 Å². The largest absolute Gasteiger partial charge is 0.329 e. The van der Waals surface area contributed by atoms with Gasteiger partial charge >= 0.3 is 6.03 Å². The SMILES string of the molecule is CN(Cc1ccccc1)S(=O)(=O)N1[C@@H]2CCC[C@H]1CN(C(=O)N(c1ccccc1)c1ccccc1)C2. The first-order chi connectivity index (χ1) is 17.4. The molecular formula is C28H32N4O3S. The molecule has 0 N–H and O–H groups in total. The van der Waals surface area contributed by atoms with Crippen LogP contribution in [0.1, 0.15) is 24.8 Å². The lowest BCUT2D eigenvalue weighted by Crippen LogP contribution is -2.66. The maximum absolute atomic E-state index is 13.9. The smallest absolute Gasteiger partial charge is 0.321 e. The van der Waals surface area contributed by atoms with E-state index >= 15 is 0 Å². The number of carbonyl (C=O) groups excluding carboxylic acids is 1. The quantitative estimate of drug-likeness (QED) is 0.482. The minimum Gasteiger partial charge on any atom is -0.321 e. The van der Waals surface area contributed by atoms with Gasteiger partial charge in [0.15, 0.2) is 0 Å². The maximum atomic E-state index is 13.9. The molecule has 0 aliphatic carbocycles. The van der Waals surface area contributed by atoms with Gasteiger partial charge in [-0.2, -0.15) is 17.0 Å². The van der Waals surface area contributed by atoms with Crippen LogP contribution in [0.5, 0.6) is 0 Å². The van der Waals surface area contributed by atoms with Crippen LogP contribution in [0.15, 0.2) is 91.0 Å². The highest BCUT2D eigenvalue weighted by Gasteiger charge is 2.47. The van der Waals surface area contributed by atoms with E-state index in [1.807, 2.05) is 95.9 Å². The molecule has 2 saturated heterocycles. The Morgan fingerprint density at radius 1 is 0.806 bits per heavy atom. The van der Waals surface area contributed by atoms with E-state index in [0.29, 0.717) is 19.6 Å². The van der Waals surface area contributed by atoms with Crippen LogP contribution in [0.3, 0.4) is 0 Å². The fourth-order valence-corrected chi connectivity index (χ4v) is 7.08. The van der Waals surface area contributed by atoms with Crippen molar-refractivity contribution < 1.29 is 13.2 Å². The number of nitrogens with zero attached hydrogens (tertiary/aromatic N) is 4. The van der Waals surface area contributed by atoms with E-state index in [2.05, 4.69) is 0 Å². The average Bonchev–Trinajstić information content (AvgIpc) is 2.90. The van der Waals surface area contributed by atoms with Crippen LogP contribution >= 0.6 is 0 Å². The highest BCUT2D eigenvalue weighted by atomic mass is 32.2. The molecular weight excluding hydrogens is 472 g/mol. The number of para-hydroxylation sites is 2. The van der Waals surface area contributed by atoms with Gasteiger partial charge in [-0.3, -0.25) is 4.90 Å². The molecule has 2 fully saturated rings. The van der Waals surface area contributed by atoms with Crippen LogP contribution in [0.2, 0.25) is 0 Å². The minimum atomic E-state index is -3.68. The second-order valence-corrected chi connectivity index (χ2v) is 11.5. The van der Waals surface area contributed by atoms with Crippen LogP contribution in [0, 0.1) is 0 Å². The van der Waals surface area contributed by atoms with Crippen molar-refractivity contribution >= 4 is 27.6 Å². The molecule has 2 aliphatic rings. The third kappa shape index (κ3) is 4.89. The Kier molecular flexibility index (Phi) is 7.09. The molecule has 0 saturated carbocycles. The predicted molar refractivity (Wildman–Crippen MR) is 142 cm³/mol. The summed E-state index contributed by atoms with van der Waals surface area (Å²) in [5.41, 5.74) is 2.52. The minimum absolute atomic E-state index is 0.126. The zero-order valence-corrected chi connectivity index (χ0v) is 21.3. The van der Waals surface area contributed by atoms with Crippen LogP contribution in [0.25, 0.3) is 0 Å². The predicted octanol–water partition coefficient (Wildman–Crippen LogP) is 4.86. The van der Waals surface area contributed by atoms with E-state index in [0.717, 1.165) is 36.2 Å². The summed E-state index contributed by atoms with van der Waals surface area (Å²) in [6.07, 6.45) is 2.46. The summed E-state index contributed by atoms with van der Waals surface area (Å²) in [4.78, 5) is 17.5. The van der Waals surface area contributed by atoms with Gasteiger partial charge in [0, 0.05) is 38.8 Å². The second-order valence-electron chi connectivity index (χ2n) is 9.51. The average molecular weight is 505 g/mol. The number of anilines is 2. The summed E-state index contributed by atoms with van der Waals surface area (Å²) in [6, 6.07) is 28.2. The Labute approximate surface area is 213 Å². The fraction of sp³-hybridized carbons (Fsp3) is 0.321. The number of amides is 2. The number of hydrogen-bond acceptors (Lipinski definition) is 3. The second kappa shape index (κ2) is 10.4. The van der Waals surface area contributed by atoms with E-state index in [-0.39, 0.29) is 18.1 Å². The topological polar surface area (TPSA) is 64.2 Å². The first-order valence-corrected chi connectivity index (χ1v) is 13.8. The number of carbonyl (C=O) groups is 1. The summed E-state index contributed by atoms with van der Waals surface area (Å²) in [6.45, 7) is 1.07. The third-order valence-corrected chi connectivity index (χ3v) is 9.10. The van der Waals surface area contributed by atoms with Crippen molar-refractivity contribution in [1.82, 2.24) is 13.5 Å². The van der Waals surface area contributed by atoms with E-state index in [1.54, 1.807) is 16.3 Å². The molecule has 188 valence electrons. The van der Waals surface area contributed by atoms with Gasteiger partial charge in [-0.15, -0.1) is 0 Å². The number of benzene rings is 3. The van der Waals surface area contributed by atoms with Crippen LogP contribution in [-0.4, -0.2) is 60.2 Å². The summed E-state index contributed by atoms with van der Waals surface area (Å²) in [7, 11) is -2.04. The van der Waals surface area contributed by atoms with Gasteiger partial charge in [0.05, 0.1) is 11.4 Å². The molecule has 2 bridgehead atoms. The Morgan fingerprint density at radius 3 is 1.78 bits per heavy atom. The zero-order valence-electron chi connectivity index (χ0n) is 20.5. The molecule has 36 heavy (non-hydrogen) atoms. The Hall–Kier alpha value is -3.20. The number of fused-ring (bicyclic) bond motifs is 2. The summed E-state index contributed by atoms with van der Waals surface area (Å²) < 4.78 is 30.5. The Morgan fingerprint density at radius 2 is 1.28 bits per heavy atom.